The van der Waals surface area contributed by atoms with Crippen LogP contribution in [-0.4, -0.2) is 24.4 Å². The molecule has 1 aliphatic heterocycles. The Morgan fingerprint density at radius 1 is 0.829 bits per heavy atom. The van der Waals surface area contributed by atoms with Crippen LogP contribution in [0.25, 0.3) is 6.08 Å². The molecule has 0 saturated heterocycles. The maximum absolute atomic E-state index is 15.7. The second-order valence-corrected chi connectivity index (χ2v) is 14.2. The monoisotopic (exact) mass is 594 g/mol. The van der Waals surface area contributed by atoms with Gasteiger partial charge in [0.1, 0.15) is 0 Å². The van der Waals surface area contributed by atoms with Gasteiger partial charge < -0.3 is 0 Å². The van der Waals surface area contributed by atoms with E-state index in [1.54, 1.807) is 122 Å². The quantitative estimate of drug-likeness (QED) is 0.163. The van der Waals surface area contributed by atoms with Crippen LogP contribution in [0.3, 0.4) is 0 Å². The molecule has 210 valence electrons. The summed E-state index contributed by atoms with van der Waals surface area (Å²) in [6, 6.07) is 32.8. The van der Waals surface area contributed by atoms with Crippen LogP contribution in [0.5, 0.6) is 0 Å². The summed E-state index contributed by atoms with van der Waals surface area (Å²) in [7, 11) is 0. The summed E-state index contributed by atoms with van der Waals surface area (Å²) in [5, 5.41) is 2.00. The average molecular weight is 595 g/mol. The van der Waals surface area contributed by atoms with Crippen LogP contribution in [0.4, 0.5) is 13.2 Å². The fourth-order valence-corrected chi connectivity index (χ4v) is 11.1. The van der Waals surface area contributed by atoms with Crippen LogP contribution in [0.15, 0.2) is 133 Å². The molecule has 1 aliphatic rings. The Labute approximate surface area is 241 Å². The van der Waals surface area contributed by atoms with Crippen molar-refractivity contribution in [3.05, 3.63) is 143 Å². The summed E-state index contributed by atoms with van der Waals surface area (Å²) in [5.41, 5.74) is -3.31. The van der Waals surface area contributed by atoms with E-state index in [4.69, 9.17) is 20.9 Å². The summed E-state index contributed by atoms with van der Waals surface area (Å²) in [5.74, 6) is 0.323. The number of halogens is 4. The van der Waals surface area contributed by atoms with E-state index in [1.807, 2.05) is 0 Å². The van der Waals surface area contributed by atoms with Crippen molar-refractivity contribution in [3.8, 4) is 0 Å². The van der Waals surface area contributed by atoms with Gasteiger partial charge in [-0.1, -0.05) is 0 Å². The average Bonchev–Trinajstić information content (AvgIpc) is 3.34. The molecule has 3 nitrogen and oxygen atoms in total. The van der Waals surface area contributed by atoms with Crippen LogP contribution in [0, 0.1) is 0 Å². The van der Waals surface area contributed by atoms with Gasteiger partial charge in [0.05, 0.1) is 0 Å². The normalized spacial score (nSPS) is 20.6. The zero-order chi connectivity index (χ0) is 29.2. The van der Waals surface area contributed by atoms with Gasteiger partial charge in [-0.05, 0) is 0 Å². The Bertz CT molecular complexity index is 1490. The molecule has 0 aromatic heterocycles. The van der Waals surface area contributed by atoms with Crippen molar-refractivity contribution >= 4 is 46.4 Å². The molecule has 0 aliphatic carbocycles. The van der Waals surface area contributed by atoms with Crippen molar-refractivity contribution in [1.29, 1.82) is 0 Å². The number of carbonyl (C=O) groups is 1. The van der Waals surface area contributed by atoms with E-state index >= 15 is 13.2 Å². The maximum atomic E-state index is 15.7. The SMILES string of the molecule is CCOC(=O)C1=CP(c2ccccc2)(c2ccccc2)(c2ccccc2)OC1(/C=C/c1ccc(Cl)cc1)C(F)(F)F. The third-order valence-corrected chi connectivity index (χ3v) is 12.9. The third-order valence-electron chi connectivity index (χ3n) is 7.21. The van der Waals surface area contributed by atoms with Gasteiger partial charge in [0.2, 0.25) is 0 Å². The summed E-state index contributed by atoms with van der Waals surface area (Å²) in [6.07, 6.45) is -2.83. The Hall–Kier alpha value is -3.70. The van der Waals surface area contributed by atoms with Crippen molar-refractivity contribution in [1.82, 2.24) is 0 Å². The van der Waals surface area contributed by atoms with E-state index in [-0.39, 0.29) is 6.61 Å². The Balaban J connectivity index is 1.94. The minimum atomic E-state index is -5.05. The third kappa shape index (κ3) is 4.70. The molecule has 1 heterocycles. The van der Waals surface area contributed by atoms with E-state index in [9.17, 15) is 4.79 Å². The van der Waals surface area contributed by atoms with Gasteiger partial charge in [0.15, 0.2) is 0 Å². The number of ether oxygens (including phenoxy) is 1. The predicted molar refractivity (Wildman–Crippen MR) is 160 cm³/mol. The van der Waals surface area contributed by atoms with E-state index < -0.39 is 30.2 Å². The predicted octanol–water partition coefficient (Wildman–Crippen LogP) is 7.58. The van der Waals surface area contributed by atoms with Gasteiger partial charge in [-0.3, -0.25) is 0 Å². The summed E-state index contributed by atoms with van der Waals surface area (Å²) in [6.45, 7) is -3.20. The van der Waals surface area contributed by atoms with E-state index in [1.165, 1.54) is 11.9 Å². The van der Waals surface area contributed by atoms with Gasteiger partial charge in [-0.15, -0.1) is 0 Å². The second kappa shape index (κ2) is 10.9. The van der Waals surface area contributed by atoms with Crippen LogP contribution >= 0.6 is 18.4 Å². The molecular formula is C33H27ClF3O3P. The van der Waals surface area contributed by atoms with Crippen molar-refractivity contribution in [2.24, 2.45) is 0 Å². The van der Waals surface area contributed by atoms with Gasteiger partial charge in [-0.25, -0.2) is 0 Å². The Morgan fingerprint density at radius 3 is 1.71 bits per heavy atom. The number of alkyl halides is 3. The van der Waals surface area contributed by atoms with Crippen molar-refractivity contribution in [3.63, 3.8) is 0 Å². The minimum absolute atomic E-state index is 0.108. The van der Waals surface area contributed by atoms with Crippen LogP contribution in [0.2, 0.25) is 5.02 Å². The number of benzene rings is 4. The van der Waals surface area contributed by atoms with Gasteiger partial charge in [-0.2, -0.15) is 0 Å². The molecule has 0 saturated carbocycles. The topological polar surface area (TPSA) is 35.5 Å². The molecule has 0 spiro atoms. The van der Waals surface area contributed by atoms with E-state index in [2.05, 4.69) is 0 Å². The number of hydrogen-bond acceptors (Lipinski definition) is 3. The molecule has 5 rings (SSSR count). The molecule has 4 aromatic rings. The Morgan fingerprint density at radius 2 is 1.29 bits per heavy atom. The fourth-order valence-electron chi connectivity index (χ4n) is 5.34. The molecule has 0 amide bonds. The first kappa shape index (κ1) is 28.8. The first-order valence-electron chi connectivity index (χ1n) is 13.0. The van der Waals surface area contributed by atoms with Gasteiger partial charge in [0, 0.05) is 0 Å². The molecular weight excluding hydrogens is 568 g/mol. The van der Waals surface area contributed by atoms with E-state index in [0.717, 1.165) is 6.08 Å². The van der Waals surface area contributed by atoms with Crippen LogP contribution in [0.1, 0.15) is 12.5 Å². The van der Waals surface area contributed by atoms with E-state index in [0.29, 0.717) is 26.5 Å². The van der Waals surface area contributed by atoms with Crippen molar-refractivity contribution in [2.45, 2.75) is 18.7 Å². The molecule has 1 unspecified atom stereocenters. The number of esters is 1. The van der Waals surface area contributed by atoms with Crippen LogP contribution in [-0.2, 0) is 14.1 Å². The second-order valence-electron chi connectivity index (χ2n) is 9.58. The molecule has 0 radical (unpaired) electrons. The number of rotatable bonds is 7. The molecule has 8 heteroatoms. The molecule has 0 fully saturated rings. The first-order chi connectivity index (χ1) is 19.7. The zero-order valence-corrected chi connectivity index (χ0v) is 23.7. The molecule has 0 bridgehead atoms. The van der Waals surface area contributed by atoms with Crippen molar-refractivity contribution in [2.75, 3.05) is 6.61 Å². The Kier molecular flexibility index (Phi) is 7.69. The molecule has 41 heavy (non-hydrogen) atoms. The number of carbonyl (C=O) groups excluding carboxylic acids is 1. The number of hydrogen-bond donors (Lipinski definition) is 0. The summed E-state index contributed by atoms with van der Waals surface area (Å²) < 4.78 is 59.1. The first-order valence-corrected chi connectivity index (χ1v) is 15.6. The summed E-state index contributed by atoms with van der Waals surface area (Å²) in [4.78, 5) is 13.6. The van der Waals surface area contributed by atoms with Crippen LogP contribution < -0.4 is 15.9 Å². The zero-order valence-electron chi connectivity index (χ0n) is 22.1. The fraction of sp³-hybridized carbons (Fsp3) is 0.121. The molecule has 4 aromatic carbocycles. The molecule has 0 N–H and O–H groups in total. The van der Waals surface area contributed by atoms with Gasteiger partial charge in [0.25, 0.3) is 0 Å². The van der Waals surface area contributed by atoms with Crippen molar-refractivity contribution < 1.29 is 27.2 Å². The summed E-state index contributed by atoms with van der Waals surface area (Å²) >= 11 is 6.00. The standard InChI is InChI=1S/C33H27ClF3O3P/c1-2-39-31(38)30-24-41(27-12-6-3-7-13-27,28-14-8-4-9-15-28,29-16-10-5-11-17-29)40-32(30,33(35,36)37)23-22-25-18-20-26(34)21-19-25/h3-24H,2H2,1H3/b23-22+. The molecule has 1 atom stereocenters. The van der Waals surface area contributed by atoms with Gasteiger partial charge >= 0.3 is 242 Å².